The molecule has 0 saturated carbocycles. The van der Waals surface area contributed by atoms with E-state index in [2.05, 4.69) is 15.5 Å². The summed E-state index contributed by atoms with van der Waals surface area (Å²) in [7, 11) is 0. The number of hydrogen-bond donors (Lipinski definition) is 1. The summed E-state index contributed by atoms with van der Waals surface area (Å²) in [5, 5.41) is 12.0. The summed E-state index contributed by atoms with van der Waals surface area (Å²) in [4.78, 5) is 24.5. The zero-order chi connectivity index (χ0) is 23.6. The van der Waals surface area contributed by atoms with Crippen LogP contribution < -0.4 is 10.1 Å². The fourth-order valence-electron chi connectivity index (χ4n) is 3.09. The van der Waals surface area contributed by atoms with Gasteiger partial charge >= 0.3 is 5.97 Å². The number of ether oxygens (including phenoxy) is 2. The van der Waals surface area contributed by atoms with E-state index in [1.807, 2.05) is 55.7 Å². The summed E-state index contributed by atoms with van der Waals surface area (Å²) in [5.41, 5.74) is 0.936. The monoisotopic (exact) mass is 468 g/mol. The first-order valence-electron chi connectivity index (χ1n) is 10.9. The van der Waals surface area contributed by atoms with Gasteiger partial charge in [0.15, 0.2) is 17.1 Å². The number of amides is 1. The Hall–Kier alpha value is -3.33. The van der Waals surface area contributed by atoms with Crippen LogP contribution in [-0.2, 0) is 16.1 Å². The molecule has 0 saturated heterocycles. The van der Waals surface area contributed by atoms with Gasteiger partial charge in [-0.2, -0.15) is 0 Å². The molecular weight excluding hydrogens is 440 g/mol. The number of nitrogens with zero attached hydrogens (tertiary/aromatic N) is 3. The molecule has 1 heterocycles. The van der Waals surface area contributed by atoms with Crippen molar-refractivity contribution in [1.29, 1.82) is 0 Å². The van der Waals surface area contributed by atoms with Crippen LogP contribution in [0.3, 0.4) is 0 Å². The van der Waals surface area contributed by atoms with Crippen LogP contribution >= 0.6 is 11.8 Å². The molecule has 33 heavy (non-hydrogen) atoms. The number of anilines is 1. The second kappa shape index (κ2) is 12.1. The number of carbonyl (C=O) groups excluding carboxylic acids is 2. The van der Waals surface area contributed by atoms with Crippen molar-refractivity contribution in [2.45, 2.75) is 45.0 Å². The van der Waals surface area contributed by atoms with E-state index in [4.69, 9.17) is 9.47 Å². The normalized spacial score (nSPS) is 11.6. The van der Waals surface area contributed by atoms with Crippen molar-refractivity contribution in [2.75, 3.05) is 17.7 Å². The Morgan fingerprint density at radius 2 is 1.88 bits per heavy atom. The van der Waals surface area contributed by atoms with Gasteiger partial charge in [0.25, 0.3) is 0 Å². The average Bonchev–Trinajstić information content (AvgIpc) is 3.25. The molecule has 174 valence electrons. The Morgan fingerprint density at radius 3 is 2.61 bits per heavy atom. The molecule has 0 aliphatic heterocycles. The molecule has 0 bridgehead atoms. The molecule has 1 atom stereocenters. The largest absolute Gasteiger partial charge is 0.483 e. The van der Waals surface area contributed by atoms with Crippen molar-refractivity contribution < 1.29 is 19.1 Å². The predicted octanol–water partition coefficient (Wildman–Crippen LogP) is 4.74. The van der Waals surface area contributed by atoms with Crippen LogP contribution in [0.1, 0.15) is 49.5 Å². The highest BCUT2D eigenvalue weighted by Crippen LogP contribution is 2.24. The van der Waals surface area contributed by atoms with Crippen molar-refractivity contribution in [3.63, 3.8) is 0 Å². The smallest absolute Gasteiger partial charge is 0.338 e. The highest BCUT2D eigenvalue weighted by molar-refractivity contribution is 7.99. The maximum atomic E-state index is 12.5. The lowest BCUT2D eigenvalue weighted by molar-refractivity contribution is -0.113. The lowest BCUT2D eigenvalue weighted by atomic mass is 10.2. The van der Waals surface area contributed by atoms with Gasteiger partial charge in [-0.15, -0.1) is 10.2 Å². The summed E-state index contributed by atoms with van der Waals surface area (Å²) < 4.78 is 13.0. The SMILES string of the molecule is CCCOC(=O)c1cccc(NC(=O)CSc2nnc([C@@H](C)Oc3ccccc3)n2CC)c1. The average molecular weight is 469 g/mol. The molecule has 0 fully saturated rings. The molecule has 0 spiro atoms. The third-order valence-electron chi connectivity index (χ3n) is 4.63. The van der Waals surface area contributed by atoms with Crippen molar-refractivity contribution in [1.82, 2.24) is 14.8 Å². The first kappa shape index (κ1) is 24.3. The summed E-state index contributed by atoms with van der Waals surface area (Å²) in [6.07, 6.45) is 0.457. The van der Waals surface area contributed by atoms with Crippen LogP contribution in [0.2, 0.25) is 0 Å². The zero-order valence-corrected chi connectivity index (χ0v) is 19.8. The quantitative estimate of drug-likeness (QED) is 0.321. The van der Waals surface area contributed by atoms with Crippen LogP contribution in [0.4, 0.5) is 5.69 Å². The highest BCUT2D eigenvalue weighted by atomic mass is 32.2. The number of esters is 1. The van der Waals surface area contributed by atoms with Crippen LogP contribution in [0.25, 0.3) is 0 Å². The van der Waals surface area contributed by atoms with E-state index in [0.717, 1.165) is 12.2 Å². The van der Waals surface area contributed by atoms with Gasteiger partial charge in [-0.3, -0.25) is 4.79 Å². The number of carbonyl (C=O) groups is 2. The second-order valence-electron chi connectivity index (χ2n) is 7.21. The number of rotatable bonds is 11. The Bertz CT molecular complexity index is 1070. The minimum Gasteiger partial charge on any atom is -0.483 e. The lowest BCUT2D eigenvalue weighted by Gasteiger charge is -2.15. The van der Waals surface area contributed by atoms with E-state index in [-0.39, 0.29) is 17.8 Å². The van der Waals surface area contributed by atoms with Crippen molar-refractivity contribution in [2.24, 2.45) is 0 Å². The highest BCUT2D eigenvalue weighted by Gasteiger charge is 2.19. The molecule has 3 aromatic rings. The van der Waals surface area contributed by atoms with Crippen molar-refractivity contribution in [3.8, 4) is 5.75 Å². The third-order valence-corrected chi connectivity index (χ3v) is 5.60. The topological polar surface area (TPSA) is 95.3 Å². The van der Waals surface area contributed by atoms with E-state index >= 15 is 0 Å². The Kier molecular flexibility index (Phi) is 8.88. The number of hydrogen-bond acceptors (Lipinski definition) is 7. The molecule has 0 aliphatic rings. The van der Waals surface area contributed by atoms with Gasteiger partial charge in [-0.25, -0.2) is 4.79 Å². The minimum atomic E-state index is -0.405. The molecule has 0 radical (unpaired) electrons. The van der Waals surface area contributed by atoms with E-state index in [1.165, 1.54) is 11.8 Å². The summed E-state index contributed by atoms with van der Waals surface area (Å²) in [5.74, 6) is 0.988. The molecule has 0 unspecified atom stereocenters. The fraction of sp³-hybridized carbons (Fsp3) is 0.333. The van der Waals surface area contributed by atoms with Gasteiger partial charge in [-0.05, 0) is 50.6 Å². The molecule has 8 nitrogen and oxygen atoms in total. The predicted molar refractivity (Wildman–Crippen MR) is 128 cm³/mol. The number of para-hydroxylation sites is 1. The van der Waals surface area contributed by atoms with Crippen LogP contribution in [0.5, 0.6) is 5.75 Å². The molecule has 9 heteroatoms. The minimum absolute atomic E-state index is 0.149. The van der Waals surface area contributed by atoms with Crippen LogP contribution in [0.15, 0.2) is 59.8 Å². The molecular formula is C24H28N4O4S. The van der Waals surface area contributed by atoms with Gasteiger partial charge in [-0.1, -0.05) is 43.0 Å². The first-order chi connectivity index (χ1) is 16.0. The van der Waals surface area contributed by atoms with Crippen LogP contribution in [0, 0.1) is 0 Å². The van der Waals surface area contributed by atoms with Crippen LogP contribution in [-0.4, -0.2) is 39.0 Å². The second-order valence-corrected chi connectivity index (χ2v) is 8.15. The third kappa shape index (κ3) is 6.82. The maximum absolute atomic E-state index is 12.5. The molecule has 1 amide bonds. The van der Waals surface area contributed by atoms with Gasteiger partial charge in [0.1, 0.15) is 5.75 Å². The van der Waals surface area contributed by atoms with Gasteiger partial charge in [0.2, 0.25) is 5.91 Å². The number of benzene rings is 2. The van der Waals surface area contributed by atoms with Gasteiger partial charge in [0.05, 0.1) is 17.9 Å². The summed E-state index contributed by atoms with van der Waals surface area (Å²) in [6.45, 7) is 6.86. The Morgan fingerprint density at radius 1 is 1.09 bits per heavy atom. The number of nitrogens with one attached hydrogen (secondary N) is 1. The lowest BCUT2D eigenvalue weighted by Crippen LogP contribution is -2.16. The molecule has 1 aromatic heterocycles. The van der Waals surface area contributed by atoms with E-state index in [1.54, 1.807) is 24.3 Å². The standard InChI is InChI=1S/C24H28N4O4S/c1-4-14-31-23(30)18-10-9-11-19(15-18)25-21(29)16-33-24-27-26-22(28(24)5-2)17(3)32-20-12-7-6-8-13-20/h6-13,15,17H,4-5,14,16H2,1-3H3,(H,25,29)/t17-/m1/s1. The zero-order valence-electron chi connectivity index (χ0n) is 19.0. The summed E-state index contributed by atoms with van der Waals surface area (Å²) in [6, 6.07) is 16.2. The molecule has 3 rings (SSSR count). The molecule has 0 aliphatic carbocycles. The number of aromatic nitrogens is 3. The maximum Gasteiger partial charge on any atom is 0.338 e. The Balaban J connectivity index is 1.59. The molecule has 2 aromatic carbocycles. The van der Waals surface area contributed by atoms with E-state index < -0.39 is 5.97 Å². The van der Waals surface area contributed by atoms with Gasteiger partial charge < -0.3 is 19.4 Å². The first-order valence-corrected chi connectivity index (χ1v) is 11.8. The molecule has 1 N–H and O–H groups in total. The number of thioether (sulfide) groups is 1. The van der Waals surface area contributed by atoms with Crippen molar-refractivity contribution >= 4 is 29.3 Å². The van der Waals surface area contributed by atoms with Gasteiger partial charge in [0, 0.05) is 12.2 Å². The Labute approximate surface area is 197 Å². The van der Waals surface area contributed by atoms with E-state index in [9.17, 15) is 9.59 Å². The van der Waals surface area contributed by atoms with E-state index in [0.29, 0.717) is 35.4 Å². The van der Waals surface area contributed by atoms with Crippen molar-refractivity contribution in [3.05, 3.63) is 66.0 Å². The fourth-order valence-corrected chi connectivity index (χ4v) is 3.90. The summed E-state index contributed by atoms with van der Waals surface area (Å²) >= 11 is 1.30.